The van der Waals surface area contributed by atoms with Gasteiger partial charge in [0.05, 0.1) is 5.60 Å². The number of nitrogens with zero attached hydrogens (tertiary/aromatic N) is 2. The van der Waals surface area contributed by atoms with Crippen molar-refractivity contribution in [3.63, 3.8) is 0 Å². The molecule has 5 heteroatoms. The summed E-state index contributed by atoms with van der Waals surface area (Å²) < 4.78 is 11.8. The van der Waals surface area contributed by atoms with Crippen molar-refractivity contribution in [3.05, 3.63) is 42.2 Å². The third-order valence-electron chi connectivity index (χ3n) is 5.50. The molecule has 2 aliphatic heterocycles. The van der Waals surface area contributed by atoms with Crippen molar-refractivity contribution in [1.29, 1.82) is 0 Å². The van der Waals surface area contributed by atoms with E-state index < -0.39 is 0 Å². The topological polar surface area (TPSA) is 54.8 Å². The predicted molar refractivity (Wildman–Crippen MR) is 105 cm³/mol. The van der Waals surface area contributed by atoms with Gasteiger partial charge in [0.2, 0.25) is 0 Å². The Morgan fingerprint density at radius 1 is 1.26 bits per heavy atom. The van der Waals surface area contributed by atoms with Gasteiger partial charge in [-0.25, -0.2) is 0 Å². The molecule has 27 heavy (non-hydrogen) atoms. The average Bonchev–Trinajstić information content (AvgIpc) is 2.84. The van der Waals surface area contributed by atoms with Gasteiger partial charge in [-0.15, -0.1) is 0 Å². The number of aromatic nitrogens is 1. The first-order chi connectivity index (χ1) is 13.0. The minimum absolute atomic E-state index is 0.0328. The molecule has 0 saturated carbocycles. The second-order valence-corrected chi connectivity index (χ2v) is 8.28. The van der Waals surface area contributed by atoms with Crippen molar-refractivity contribution in [2.24, 2.45) is 5.92 Å². The summed E-state index contributed by atoms with van der Waals surface area (Å²) in [5.41, 5.74) is 2.97. The van der Waals surface area contributed by atoms with Gasteiger partial charge in [-0.05, 0) is 56.4 Å². The van der Waals surface area contributed by atoms with Crippen LogP contribution in [0.2, 0.25) is 0 Å². The van der Waals surface area contributed by atoms with Gasteiger partial charge in [0.1, 0.15) is 6.61 Å². The molecule has 0 bridgehead atoms. The summed E-state index contributed by atoms with van der Waals surface area (Å²) in [6, 6.07) is 7.81. The monoisotopic (exact) mass is 368 g/mol. The molecule has 0 unspecified atom stereocenters. The molecular weight excluding hydrogens is 340 g/mol. The second-order valence-electron chi connectivity index (χ2n) is 8.28. The van der Waals surface area contributed by atoms with Crippen LogP contribution in [-0.2, 0) is 11.3 Å². The number of fused-ring (bicyclic) bond motifs is 1. The third-order valence-corrected chi connectivity index (χ3v) is 5.50. The summed E-state index contributed by atoms with van der Waals surface area (Å²) in [6.45, 7) is 8.48. The van der Waals surface area contributed by atoms with Gasteiger partial charge in [-0.3, -0.25) is 9.88 Å². The largest absolute Gasteiger partial charge is 0.504 e. The van der Waals surface area contributed by atoms with Crippen LogP contribution in [0.25, 0.3) is 11.1 Å². The number of pyridine rings is 1. The van der Waals surface area contributed by atoms with Crippen LogP contribution >= 0.6 is 0 Å². The molecule has 2 aliphatic rings. The fourth-order valence-corrected chi connectivity index (χ4v) is 4.29. The van der Waals surface area contributed by atoms with Crippen molar-refractivity contribution in [2.75, 3.05) is 26.3 Å². The van der Waals surface area contributed by atoms with Gasteiger partial charge < -0.3 is 14.6 Å². The minimum atomic E-state index is -0.0328. The minimum Gasteiger partial charge on any atom is -0.504 e. The molecule has 3 heterocycles. The quantitative estimate of drug-likeness (QED) is 0.892. The zero-order valence-electron chi connectivity index (χ0n) is 16.1. The Morgan fingerprint density at radius 2 is 2.15 bits per heavy atom. The summed E-state index contributed by atoms with van der Waals surface area (Å²) in [5, 5.41) is 10.5. The van der Waals surface area contributed by atoms with E-state index in [0.29, 0.717) is 18.3 Å². The lowest BCUT2D eigenvalue weighted by molar-refractivity contribution is -0.0771. The van der Waals surface area contributed by atoms with Crippen molar-refractivity contribution < 1.29 is 14.6 Å². The Kier molecular flexibility index (Phi) is 5.06. The summed E-state index contributed by atoms with van der Waals surface area (Å²) in [5.74, 6) is 1.46. The van der Waals surface area contributed by atoms with Gasteiger partial charge in [-0.2, -0.15) is 0 Å². The fourth-order valence-electron chi connectivity index (χ4n) is 4.29. The van der Waals surface area contributed by atoms with Crippen LogP contribution in [0.1, 0.15) is 32.3 Å². The Labute approximate surface area is 160 Å². The molecule has 2 aromatic rings. The lowest BCUT2D eigenvalue weighted by Crippen LogP contribution is -2.40. The van der Waals surface area contributed by atoms with E-state index in [9.17, 15) is 5.11 Å². The van der Waals surface area contributed by atoms with Crippen LogP contribution in [-0.4, -0.2) is 46.9 Å². The predicted octanol–water partition coefficient (Wildman–Crippen LogP) is 3.85. The van der Waals surface area contributed by atoms with E-state index in [1.165, 1.54) is 0 Å². The lowest BCUT2D eigenvalue weighted by Gasteiger charge is -2.37. The number of rotatable bonds is 3. The van der Waals surface area contributed by atoms with E-state index in [1.807, 2.05) is 18.3 Å². The lowest BCUT2D eigenvalue weighted by atomic mass is 9.88. The maximum absolute atomic E-state index is 10.5. The van der Waals surface area contributed by atoms with Crippen LogP contribution in [0.15, 0.2) is 36.7 Å². The van der Waals surface area contributed by atoms with Gasteiger partial charge in [0.25, 0.3) is 0 Å². The average molecular weight is 368 g/mol. The number of hydrogen-bond donors (Lipinski definition) is 1. The molecule has 1 N–H and O–H groups in total. The number of ether oxygens (including phenoxy) is 2. The van der Waals surface area contributed by atoms with Gasteiger partial charge in [0, 0.05) is 49.8 Å². The Bertz CT molecular complexity index is 792. The van der Waals surface area contributed by atoms with Gasteiger partial charge in [0.15, 0.2) is 11.5 Å². The molecule has 0 aliphatic carbocycles. The van der Waals surface area contributed by atoms with E-state index in [2.05, 4.69) is 29.8 Å². The number of phenolic OH excluding ortho intramolecular Hbond substituents is 1. The third kappa shape index (κ3) is 4.25. The first kappa shape index (κ1) is 18.3. The molecule has 1 saturated heterocycles. The Balaban J connectivity index is 1.55. The van der Waals surface area contributed by atoms with E-state index in [0.717, 1.165) is 55.8 Å². The highest BCUT2D eigenvalue weighted by Gasteiger charge is 2.30. The first-order valence-corrected chi connectivity index (χ1v) is 9.75. The molecule has 0 amide bonds. The molecule has 4 rings (SSSR count). The Morgan fingerprint density at radius 3 is 2.93 bits per heavy atom. The number of hydrogen-bond acceptors (Lipinski definition) is 5. The maximum Gasteiger partial charge on any atom is 0.165 e. The second kappa shape index (κ2) is 7.49. The van der Waals surface area contributed by atoms with E-state index in [1.54, 1.807) is 12.3 Å². The summed E-state index contributed by atoms with van der Waals surface area (Å²) in [6.07, 6.45) is 5.76. The summed E-state index contributed by atoms with van der Waals surface area (Å²) in [7, 11) is 0. The zero-order valence-corrected chi connectivity index (χ0v) is 16.1. The number of phenols is 1. The number of benzene rings is 1. The van der Waals surface area contributed by atoms with Crippen LogP contribution in [0.5, 0.6) is 11.5 Å². The Hall–Kier alpha value is -2.11. The van der Waals surface area contributed by atoms with Gasteiger partial charge >= 0.3 is 0 Å². The molecule has 0 spiro atoms. The van der Waals surface area contributed by atoms with Crippen LogP contribution in [0.4, 0.5) is 0 Å². The smallest absolute Gasteiger partial charge is 0.165 e. The van der Waals surface area contributed by atoms with Gasteiger partial charge in [-0.1, -0.05) is 6.07 Å². The highest BCUT2D eigenvalue weighted by molar-refractivity contribution is 5.68. The van der Waals surface area contributed by atoms with Crippen molar-refractivity contribution in [2.45, 2.75) is 38.8 Å². The molecule has 0 radical (unpaired) electrons. The van der Waals surface area contributed by atoms with Crippen molar-refractivity contribution >= 4 is 0 Å². The van der Waals surface area contributed by atoms with Crippen molar-refractivity contribution in [3.8, 4) is 22.6 Å². The van der Waals surface area contributed by atoms with Crippen LogP contribution in [0.3, 0.4) is 0 Å². The molecule has 5 nitrogen and oxygen atoms in total. The van der Waals surface area contributed by atoms with E-state index in [-0.39, 0.29) is 11.4 Å². The highest BCUT2D eigenvalue weighted by Crippen LogP contribution is 2.38. The molecule has 1 fully saturated rings. The van der Waals surface area contributed by atoms with E-state index in [4.69, 9.17) is 9.47 Å². The first-order valence-electron chi connectivity index (χ1n) is 9.75. The molecule has 144 valence electrons. The summed E-state index contributed by atoms with van der Waals surface area (Å²) in [4.78, 5) is 6.64. The molecular formula is C22H28N2O3. The van der Waals surface area contributed by atoms with E-state index >= 15 is 0 Å². The van der Waals surface area contributed by atoms with Crippen LogP contribution < -0.4 is 4.74 Å². The SMILES string of the molecule is CC1(C)C[C@H](CN2CCOc3c(O)cc(-c4cccnc4)cc3C2)CCO1. The highest BCUT2D eigenvalue weighted by atomic mass is 16.5. The van der Waals surface area contributed by atoms with Crippen LogP contribution in [0, 0.1) is 5.92 Å². The normalized spacial score (nSPS) is 22.5. The summed E-state index contributed by atoms with van der Waals surface area (Å²) >= 11 is 0. The van der Waals surface area contributed by atoms with Crippen molar-refractivity contribution in [1.82, 2.24) is 9.88 Å². The fraction of sp³-hybridized carbons (Fsp3) is 0.500. The standard InChI is InChI=1S/C22H28N2O3/c1-22(2)12-16(5-8-27-22)14-24-7-9-26-21-19(15-24)10-18(11-20(21)25)17-4-3-6-23-13-17/h3-4,6,10-11,13,16,25H,5,7-9,12,14-15H2,1-2H3/t16-/m1/s1. The molecule has 1 aromatic heterocycles. The maximum atomic E-state index is 10.5. The molecule has 1 atom stereocenters. The molecule has 1 aromatic carbocycles. The zero-order chi connectivity index (χ0) is 18.9. The number of aromatic hydroxyl groups is 1.